The third kappa shape index (κ3) is 3.46. The van der Waals surface area contributed by atoms with E-state index in [1.54, 1.807) is 4.31 Å². The van der Waals surface area contributed by atoms with Gasteiger partial charge in [0.2, 0.25) is 10.0 Å². The molecule has 18 heavy (non-hydrogen) atoms. The van der Waals surface area contributed by atoms with Gasteiger partial charge in [0.1, 0.15) is 0 Å². The van der Waals surface area contributed by atoms with Crippen LogP contribution in [0.25, 0.3) is 0 Å². The number of piperidine rings is 1. The van der Waals surface area contributed by atoms with Gasteiger partial charge in [0, 0.05) is 31.6 Å². The standard InChI is InChI=1S/C12H22BrNO3S/c13-6-3-11-2-1-7-14(10-11)18(15,16)12-4-8-17-9-5-12/h11-12H,1-10H2. The normalized spacial score (nSPS) is 28.4. The maximum Gasteiger partial charge on any atom is 0.217 e. The zero-order valence-electron chi connectivity index (χ0n) is 10.7. The van der Waals surface area contributed by atoms with Gasteiger partial charge in [0.25, 0.3) is 0 Å². The first-order valence-electron chi connectivity index (χ1n) is 6.77. The summed E-state index contributed by atoms with van der Waals surface area (Å²) >= 11 is 3.45. The van der Waals surface area contributed by atoms with Crippen LogP contribution in [0, 0.1) is 5.92 Å². The number of ether oxygens (including phenoxy) is 1. The molecule has 106 valence electrons. The lowest BCUT2D eigenvalue weighted by Crippen LogP contribution is -2.46. The average molecular weight is 340 g/mol. The Morgan fingerprint density at radius 2 is 1.94 bits per heavy atom. The number of alkyl halides is 1. The summed E-state index contributed by atoms with van der Waals surface area (Å²) in [6.07, 6.45) is 4.54. The molecule has 0 amide bonds. The molecule has 2 aliphatic rings. The van der Waals surface area contributed by atoms with Crippen LogP contribution in [0.5, 0.6) is 0 Å². The van der Waals surface area contributed by atoms with Crippen molar-refractivity contribution >= 4 is 26.0 Å². The quantitative estimate of drug-likeness (QED) is 0.736. The third-order valence-corrected chi connectivity index (χ3v) is 6.77. The van der Waals surface area contributed by atoms with E-state index in [1.165, 1.54) is 0 Å². The predicted molar refractivity (Wildman–Crippen MR) is 75.5 cm³/mol. The highest BCUT2D eigenvalue weighted by Crippen LogP contribution is 2.27. The Hall–Kier alpha value is 0.350. The molecule has 0 aliphatic carbocycles. The van der Waals surface area contributed by atoms with E-state index in [9.17, 15) is 8.42 Å². The van der Waals surface area contributed by atoms with Crippen LogP contribution in [0.2, 0.25) is 0 Å². The molecule has 4 nitrogen and oxygen atoms in total. The van der Waals surface area contributed by atoms with Crippen molar-refractivity contribution in [1.82, 2.24) is 4.31 Å². The number of halogens is 1. The van der Waals surface area contributed by atoms with Gasteiger partial charge in [-0.25, -0.2) is 12.7 Å². The summed E-state index contributed by atoms with van der Waals surface area (Å²) in [5.74, 6) is 0.521. The van der Waals surface area contributed by atoms with E-state index in [0.29, 0.717) is 45.1 Å². The van der Waals surface area contributed by atoms with Gasteiger partial charge in [-0.1, -0.05) is 15.9 Å². The van der Waals surface area contributed by atoms with Crippen molar-refractivity contribution in [2.24, 2.45) is 5.92 Å². The molecular formula is C12H22BrNO3S. The lowest BCUT2D eigenvalue weighted by Gasteiger charge is -2.35. The summed E-state index contributed by atoms with van der Waals surface area (Å²) in [5, 5.41) is 0.747. The first-order valence-corrected chi connectivity index (χ1v) is 9.39. The van der Waals surface area contributed by atoms with Crippen LogP contribution in [0.1, 0.15) is 32.1 Å². The van der Waals surface area contributed by atoms with E-state index in [4.69, 9.17) is 4.74 Å². The largest absolute Gasteiger partial charge is 0.381 e. The second-order valence-corrected chi connectivity index (χ2v) is 8.21. The minimum Gasteiger partial charge on any atom is -0.381 e. The van der Waals surface area contributed by atoms with Crippen molar-refractivity contribution < 1.29 is 13.2 Å². The Balaban J connectivity index is 1.99. The number of nitrogens with zero attached hydrogens (tertiary/aromatic N) is 1. The van der Waals surface area contributed by atoms with Crippen molar-refractivity contribution in [3.05, 3.63) is 0 Å². The van der Waals surface area contributed by atoms with Crippen LogP contribution < -0.4 is 0 Å². The maximum absolute atomic E-state index is 12.5. The van der Waals surface area contributed by atoms with E-state index in [2.05, 4.69) is 15.9 Å². The smallest absolute Gasteiger partial charge is 0.217 e. The van der Waals surface area contributed by atoms with Crippen LogP contribution in [0.15, 0.2) is 0 Å². The van der Waals surface area contributed by atoms with E-state index in [-0.39, 0.29) is 5.25 Å². The zero-order valence-corrected chi connectivity index (χ0v) is 13.1. The van der Waals surface area contributed by atoms with Gasteiger partial charge in [-0.2, -0.15) is 0 Å². The lowest BCUT2D eigenvalue weighted by atomic mass is 9.97. The van der Waals surface area contributed by atoms with Gasteiger partial charge in [0.05, 0.1) is 5.25 Å². The SMILES string of the molecule is O=S(=O)(C1CCOCC1)N1CCCC(CCBr)C1. The molecule has 0 N–H and O–H groups in total. The van der Waals surface area contributed by atoms with Crippen molar-refractivity contribution in [3.63, 3.8) is 0 Å². The second kappa shape index (κ2) is 6.68. The Kier molecular flexibility index (Phi) is 5.47. The summed E-state index contributed by atoms with van der Waals surface area (Å²) in [6, 6.07) is 0. The molecule has 2 rings (SSSR count). The maximum atomic E-state index is 12.5. The molecule has 1 unspecified atom stereocenters. The summed E-state index contributed by atoms with van der Waals surface area (Å²) in [6.45, 7) is 2.59. The summed E-state index contributed by atoms with van der Waals surface area (Å²) in [7, 11) is -3.10. The molecule has 0 aromatic heterocycles. The molecule has 0 spiro atoms. The highest BCUT2D eigenvalue weighted by atomic mass is 79.9. The fraction of sp³-hybridized carbons (Fsp3) is 1.00. The molecule has 1 atom stereocenters. The summed E-state index contributed by atoms with van der Waals surface area (Å²) in [4.78, 5) is 0. The Morgan fingerprint density at radius 3 is 2.61 bits per heavy atom. The van der Waals surface area contributed by atoms with Crippen molar-refractivity contribution in [3.8, 4) is 0 Å². The molecule has 2 fully saturated rings. The number of hydrogen-bond donors (Lipinski definition) is 0. The van der Waals surface area contributed by atoms with Gasteiger partial charge in [-0.3, -0.25) is 0 Å². The van der Waals surface area contributed by atoms with Crippen molar-refractivity contribution in [1.29, 1.82) is 0 Å². The van der Waals surface area contributed by atoms with E-state index in [1.807, 2.05) is 0 Å². The molecule has 2 aliphatic heterocycles. The zero-order chi connectivity index (χ0) is 13.0. The highest BCUT2D eigenvalue weighted by Gasteiger charge is 2.35. The van der Waals surface area contributed by atoms with Crippen LogP contribution in [-0.4, -0.2) is 49.6 Å². The van der Waals surface area contributed by atoms with E-state index < -0.39 is 10.0 Å². The molecular weight excluding hydrogens is 318 g/mol. The average Bonchev–Trinajstić information content (AvgIpc) is 2.40. The fourth-order valence-corrected chi connectivity index (χ4v) is 5.49. The van der Waals surface area contributed by atoms with Gasteiger partial charge < -0.3 is 4.74 Å². The van der Waals surface area contributed by atoms with Crippen LogP contribution >= 0.6 is 15.9 Å². The molecule has 0 bridgehead atoms. The predicted octanol–water partition coefficient (Wildman–Crippen LogP) is 1.99. The lowest BCUT2D eigenvalue weighted by molar-refractivity contribution is 0.0966. The minimum absolute atomic E-state index is 0.214. The van der Waals surface area contributed by atoms with Gasteiger partial charge in [0.15, 0.2) is 0 Å². The van der Waals surface area contributed by atoms with Gasteiger partial charge in [-0.15, -0.1) is 0 Å². The highest BCUT2D eigenvalue weighted by molar-refractivity contribution is 9.09. The molecule has 2 heterocycles. The molecule has 0 aromatic carbocycles. The van der Waals surface area contributed by atoms with E-state index >= 15 is 0 Å². The first-order chi connectivity index (χ1) is 8.64. The van der Waals surface area contributed by atoms with Crippen LogP contribution in [-0.2, 0) is 14.8 Å². The Morgan fingerprint density at radius 1 is 1.22 bits per heavy atom. The minimum atomic E-state index is -3.10. The van der Waals surface area contributed by atoms with Crippen molar-refractivity contribution in [2.45, 2.75) is 37.4 Å². The van der Waals surface area contributed by atoms with Crippen LogP contribution in [0.4, 0.5) is 0 Å². The topological polar surface area (TPSA) is 46.6 Å². The van der Waals surface area contributed by atoms with Crippen LogP contribution in [0.3, 0.4) is 0 Å². The number of rotatable bonds is 4. The molecule has 2 saturated heterocycles. The first kappa shape index (κ1) is 14.8. The Bertz CT molecular complexity index is 352. The van der Waals surface area contributed by atoms with Gasteiger partial charge in [-0.05, 0) is 38.0 Å². The molecule has 6 heteroatoms. The molecule has 0 aromatic rings. The number of sulfonamides is 1. The van der Waals surface area contributed by atoms with Crippen molar-refractivity contribution in [2.75, 3.05) is 31.6 Å². The van der Waals surface area contributed by atoms with Gasteiger partial charge >= 0.3 is 0 Å². The molecule has 0 radical (unpaired) electrons. The number of hydrogen-bond acceptors (Lipinski definition) is 3. The monoisotopic (exact) mass is 339 g/mol. The summed E-state index contributed by atoms with van der Waals surface area (Å²) < 4.78 is 32.1. The second-order valence-electron chi connectivity index (χ2n) is 5.20. The Labute approximate surface area is 118 Å². The fourth-order valence-electron chi connectivity index (χ4n) is 2.83. The third-order valence-electron chi connectivity index (χ3n) is 3.95. The summed E-state index contributed by atoms with van der Waals surface area (Å²) in [5.41, 5.74) is 0. The van der Waals surface area contributed by atoms with E-state index in [0.717, 1.165) is 24.6 Å². The molecule has 0 saturated carbocycles.